The van der Waals surface area contributed by atoms with Crippen molar-refractivity contribution in [3.8, 4) is 0 Å². The Balaban J connectivity index is 2.07. The summed E-state index contributed by atoms with van der Waals surface area (Å²) < 4.78 is 5.93. The van der Waals surface area contributed by atoms with Crippen LogP contribution in [-0.2, 0) is 4.74 Å². The molecule has 2 rings (SSSR count). The standard InChI is InChI=1S/C18H30N2O/c1-15-6-8-16(9-7-15)19-13-18(14-20(4)5)10-11-21-17(2,3)12-18/h6-9,19H,10-14H2,1-5H3/p+1/t18-/m1/s1. The Hall–Kier alpha value is -1.06. The van der Waals surface area contributed by atoms with Gasteiger partial charge in [0.05, 0.1) is 26.2 Å². The number of quaternary nitrogens is 1. The van der Waals surface area contributed by atoms with Gasteiger partial charge in [-0.05, 0) is 45.7 Å². The molecule has 1 aromatic carbocycles. The van der Waals surface area contributed by atoms with Crippen molar-refractivity contribution in [1.29, 1.82) is 0 Å². The number of benzene rings is 1. The van der Waals surface area contributed by atoms with Crippen molar-refractivity contribution in [3.63, 3.8) is 0 Å². The molecule has 0 aromatic heterocycles. The molecule has 118 valence electrons. The molecule has 0 radical (unpaired) electrons. The van der Waals surface area contributed by atoms with Gasteiger partial charge in [-0.25, -0.2) is 0 Å². The van der Waals surface area contributed by atoms with Crippen LogP contribution in [0.1, 0.15) is 32.3 Å². The quantitative estimate of drug-likeness (QED) is 0.869. The van der Waals surface area contributed by atoms with Crippen LogP contribution in [0.15, 0.2) is 24.3 Å². The van der Waals surface area contributed by atoms with Crippen LogP contribution in [0.5, 0.6) is 0 Å². The van der Waals surface area contributed by atoms with E-state index in [1.807, 2.05) is 0 Å². The summed E-state index contributed by atoms with van der Waals surface area (Å²) in [6, 6.07) is 8.69. The second-order valence-corrected chi connectivity index (χ2v) is 7.64. The van der Waals surface area contributed by atoms with Gasteiger partial charge in [0.15, 0.2) is 0 Å². The summed E-state index contributed by atoms with van der Waals surface area (Å²) in [5, 5.41) is 3.66. The van der Waals surface area contributed by atoms with E-state index in [1.165, 1.54) is 22.7 Å². The zero-order valence-corrected chi connectivity index (χ0v) is 14.3. The van der Waals surface area contributed by atoms with Crippen molar-refractivity contribution >= 4 is 5.69 Å². The molecule has 1 heterocycles. The molecule has 21 heavy (non-hydrogen) atoms. The van der Waals surface area contributed by atoms with E-state index in [-0.39, 0.29) is 5.60 Å². The number of aryl methyl sites for hydroxylation is 1. The van der Waals surface area contributed by atoms with E-state index in [1.54, 1.807) is 0 Å². The van der Waals surface area contributed by atoms with Gasteiger partial charge >= 0.3 is 0 Å². The number of rotatable bonds is 5. The summed E-state index contributed by atoms with van der Waals surface area (Å²) in [6.45, 7) is 9.64. The Morgan fingerprint density at radius 2 is 1.86 bits per heavy atom. The van der Waals surface area contributed by atoms with Gasteiger partial charge in [0.1, 0.15) is 0 Å². The van der Waals surface area contributed by atoms with Crippen LogP contribution in [-0.4, -0.2) is 39.4 Å². The Bertz CT molecular complexity index is 453. The Morgan fingerprint density at radius 3 is 2.43 bits per heavy atom. The van der Waals surface area contributed by atoms with Gasteiger partial charge in [0.2, 0.25) is 0 Å². The molecule has 1 aliphatic heterocycles. The highest BCUT2D eigenvalue weighted by Gasteiger charge is 2.42. The van der Waals surface area contributed by atoms with E-state index in [9.17, 15) is 0 Å². The first-order chi connectivity index (χ1) is 9.80. The van der Waals surface area contributed by atoms with Crippen molar-refractivity contribution < 1.29 is 9.64 Å². The molecule has 3 nitrogen and oxygen atoms in total. The zero-order chi connectivity index (χ0) is 15.5. The molecule has 1 fully saturated rings. The minimum atomic E-state index is -0.0113. The average Bonchev–Trinajstić information content (AvgIpc) is 2.36. The van der Waals surface area contributed by atoms with E-state index in [4.69, 9.17) is 4.74 Å². The lowest BCUT2D eigenvalue weighted by Gasteiger charge is -2.45. The van der Waals surface area contributed by atoms with Gasteiger partial charge in [-0.1, -0.05) is 17.7 Å². The molecule has 0 saturated carbocycles. The SMILES string of the molecule is Cc1ccc(NC[C@@]2(C[NH+](C)C)CCOC(C)(C)C2)cc1. The minimum Gasteiger partial charge on any atom is -0.384 e. The van der Waals surface area contributed by atoms with Crippen molar-refractivity contribution in [3.05, 3.63) is 29.8 Å². The number of anilines is 1. The first-order valence-electron chi connectivity index (χ1n) is 8.04. The average molecular weight is 291 g/mol. The second-order valence-electron chi connectivity index (χ2n) is 7.64. The smallest absolute Gasteiger partial charge is 0.0843 e. The summed E-state index contributed by atoms with van der Waals surface area (Å²) in [5.74, 6) is 0. The fourth-order valence-corrected chi connectivity index (χ4v) is 3.66. The maximum atomic E-state index is 5.93. The highest BCUT2D eigenvalue weighted by atomic mass is 16.5. The van der Waals surface area contributed by atoms with Gasteiger partial charge in [-0.2, -0.15) is 0 Å². The van der Waals surface area contributed by atoms with E-state index in [0.29, 0.717) is 5.41 Å². The lowest BCUT2D eigenvalue weighted by atomic mass is 9.73. The predicted molar refractivity (Wildman–Crippen MR) is 89.0 cm³/mol. The van der Waals surface area contributed by atoms with Crippen molar-refractivity contribution in [2.24, 2.45) is 5.41 Å². The first kappa shape index (κ1) is 16.3. The lowest BCUT2D eigenvalue weighted by Crippen LogP contribution is -3.07. The van der Waals surface area contributed by atoms with Gasteiger partial charge in [-0.3, -0.25) is 0 Å². The fourth-order valence-electron chi connectivity index (χ4n) is 3.66. The van der Waals surface area contributed by atoms with Crippen molar-refractivity contribution in [1.82, 2.24) is 0 Å². The van der Waals surface area contributed by atoms with Gasteiger partial charge < -0.3 is 15.0 Å². The molecular formula is C18H31N2O+. The second kappa shape index (κ2) is 6.37. The Labute approximate surface area is 129 Å². The van der Waals surface area contributed by atoms with Crippen LogP contribution in [0, 0.1) is 12.3 Å². The maximum Gasteiger partial charge on any atom is 0.0843 e. The third-order valence-corrected chi connectivity index (χ3v) is 4.37. The zero-order valence-electron chi connectivity index (χ0n) is 14.3. The molecule has 0 amide bonds. The third-order valence-electron chi connectivity index (χ3n) is 4.37. The van der Waals surface area contributed by atoms with Crippen molar-refractivity contribution in [2.75, 3.05) is 39.1 Å². The normalized spacial score (nSPS) is 25.0. The molecule has 0 spiro atoms. The highest BCUT2D eigenvalue weighted by Crippen LogP contribution is 2.38. The van der Waals surface area contributed by atoms with Crippen molar-refractivity contribution in [2.45, 2.75) is 39.2 Å². The number of hydrogen-bond acceptors (Lipinski definition) is 2. The van der Waals surface area contributed by atoms with E-state index in [0.717, 1.165) is 26.0 Å². The van der Waals surface area contributed by atoms with Gasteiger partial charge in [0.25, 0.3) is 0 Å². The number of hydrogen-bond donors (Lipinski definition) is 2. The summed E-state index contributed by atoms with van der Waals surface area (Å²) in [7, 11) is 4.49. The molecule has 1 aliphatic rings. The molecule has 0 aliphatic carbocycles. The molecule has 1 atom stereocenters. The molecule has 1 aromatic rings. The lowest BCUT2D eigenvalue weighted by molar-refractivity contribution is -0.866. The summed E-state index contributed by atoms with van der Waals surface area (Å²) in [4.78, 5) is 1.51. The van der Waals surface area contributed by atoms with Gasteiger partial charge in [0, 0.05) is 24.3 Å². The maximum absolute atomic E-state index is 5.93. The van der Waals surface area contributed by atoms with Crippen LogP contribution >= 0.6 is 0 Å². The Morgan fingerprint density at radius 1 is 1.19 bits per heavy atom. The van der Waals surface area contributed by atoms with E-state index < -0.39 is 0 Å². The first-order valence-corrected chi connectivity index (χ1v) is 8.04. The summed E-state index contributed by atoms with van der Waals surface area (Å²) in [6.07, 6.45) is 2.25. The summed E-state index contributed by atoms with van der Waals surface area (Å²) >= 11 is 0. The van der Waals surface area contributed by atoms with Crippen LogP contribution in [0.25, 0.3) is 0 Å². The van der Waals surface area contributed by atoms with Crippen LogP contribution in [0.4, 0.5) is 5.69 Å². The minimum absolute atomic E-state index is 0.0113. The molecule has 1 saturated heterocycles. The molecule has 0 unspecified atom stereocenters. The molecular weight excluding hydrogens is 260 g/mol. The highest BCUT2D eigenvalue weighted by molar-refractivity contribution is 5.44. The van der Waals surface area contributed by atoms with Crippen LogP contribution < -0.4 is 10.2 Å². The topological polar surface area (TPSA) is 25.7 Å². The van der Waals surface area contributed by atoms with Crippen LogP contribution in [0.3, 0.4) is 0 Å². The third kappa shape index (κ3) is 4.72. The van der Waals surface area contributed by atoms with Crippen LogP contribution in [0.2, 0.25) is 0 Å². The summed E-state index contributed by atoms with van der Waals surface area (Å²) in [5.41, 5.74) is 2.83. The Kier molecular flexibility index (Phi) is 4.95. The number of nitrogens with one attached hydrogen (secondary N) is 2. The molecule has 3 heteroatoms. The van der Waals surface area contributed by atoms with E-state index >= 15 is 0 Å². The number of ether oxygens (including phenoxy) is 1. The molecule has 2 N–H and O–H groups in total. The monoisotopic (exact) mass is 291 g/mol. The predicted octanol–water partition coefficient (Wildman–Crippen LogP) is 2.13. The molecule has 0 bridgehead atoms. The van der Waals surface area contributed by atoms with Gasteiger partial charge in [-0.15, -0.1) is 0 Å². The fraction of sp³-hybridized carbons (Fsp3) is 0.667. The largest absolute Gasteiger partial charge is 0.384 e. The van der Waals surface area contributed by atoms with E-state index in [2.05, 4.69) is 64.4 Å².